The van der Waals surface area contributed by atoms with Gasteiger partial charge in [-0.2, -0.15) is 0 Å². The van der Waals surface area contributed by atoms with E-state index in [1.807, 2.05) is 6.07 Å². The lowest BCUT2D eigenvalue weighted by molar-refractivity contribution is 0.233. The van der Waals surface area contributed by atoms with Gasteiger partial charge in [0.25, 0.3) is 0 Å². The molecule has 0 radical (unpaired) electrons. The third-order valence-electron chi connectivity index (χ3n) is 4.13. The minimum Gasteiger partial charge on any atom is -0.497 e. The van der Waals surface area contributed by atoms with Crippen molar-refractivity contribution in [3.05, 3.63) is 29.8 Å². The van der Waals surface area contributed by atoms with E-state index in [9.17, 15) is 0 Å². The first-order valence-corrected chi connectivity index (χ1v) is 8.39. The van der Waals surface area contributed by atoms with E-state index in [-0.39, 0.29) is 0 Å². The molecule has 3 heteroatoms. The minimum absolute atomic E-state index is 0.396. The molecule has 1 aliphatic carbocycles. The van der Waals surface area contributed by atoms with Crippen molar-refractivity contribution >= 4 is 0 Å². The minimum atomic E-state index is 0.396. The van der Waals surface area contributed by atoms with Gasteiger partial charge >= 0.3 is 0 Å². The Morgan fingerprint density at radius 3 is 2.71 bits per heavy atom. The second kappa shape index (κ2) is 8.40. The molecule has 1 fully saturated rings. The third kappa shape index (κ3) is 5.01. The van der Waals surface area contributed by atoms with Gasteiger partial charge in [0.1, 0.15) is 5.75 Å². The van der Waals surface area contributed by atoms with Gasteiger partial charge in [-0.3, -0.25) is 4.90 Å². The number of hydrogen-bond acceptors (Lipinski definition) is 3. The molecule has 2 rings (SSSR count). The first kappa shape index (κ1) is 16.3. The van der Waals surface area contributed by atoms with Gasteiger partial charge < -0.3 is 10.1 Å². The molecule has 1 saturated carbocycles. The first-order chi connectivity index (χ1) is 10.3. The van der Waals surface area contributed by atoms with Crippen LogP contribution in [-0.2, 0) is 0 Å². The van der Waals surface area contributed by atoms with Crippen LogP contribution in [0, 0.1) is 0 Å². The molecule has 0 bridgehead atoms. The number of nitrogens with zero attached hydrogens (tertiary/aromatic N) is 1. The quantitative estimate of drug-likeness (QED) is 0.712. The van der Waals surface area contributed by atoms with Crippen LogP contribution in [0.1, 0.15) is 51.1 Å². The Hall–Kier alpha value is -1.06. The highest BCUT2D eigenvalue weighted by Gasteiger charge is 2.30. The number of methoxy groups -OCH3 is 1. The highest BCUT2D eigenvalue weighted by Crippen LogP contribution is 2.29. The summed E-state index contributed by atoms with van der Waals surface area (Å²) in [5.74, 6) is 0.948. The fourth-order valence-electron chi connectivity index (χ4n) is 2.85. The van der Waals surface area contributed by atoms with Crippen molar-refractivity contribution in [2.45, 2.75) is 51.6 Å². The van der Waals surface area contributed by atoms with E-state index >= 15 is 0 Å². The maximum absolute atomic E-state index is 5.38. The van der Waals surface area contributed by atoms with Crippen LogP contribution < -0.4 is 10.1 Å². The molecule has 0 aliphatic heterocycles. The van der Waals surface area contributed by atoms with E-state index in [1.54, 1.807) is 7.11 Å². The van der Waals surface area contributed by atoms with Crippen LogP contribution in [0.3, 0.4) is 0 Å². The van der Waals surface area contributed by atoms with Gasteiger partial charge in [0.05, 0.1) is 7.11 Å². The van der Waals surface area contributed by atoms with E-state index < -0.39 is 0 Å². The Kier molecular flexibility index (Phi) is 6.52. The molecule has 21 heavy (non-hydrogen) atoms. The van der Waals surface area contributed by atoms with E-state index in [0.717, 1.165) is 31.3 Å². The molecule has 0 aromatic heterocycles. The van der Waals surface area contributed by atoms with Crippen LogP contribution in [0.15, 0.2) is 24.3 Å². The molecule has 0 saturated heterocycles. The number of rotatable bonds is 10. The summed E-state index contributed by atoms with van der Waals surface area (Å²) >= 11 is 0. The third-order valence-corrected chi connectivity index (χ3v) is 4.13. The lowest BCUT2D eigenvalue weighted by Gasteiger charge is -2.28. The van der Waals surface area contributed by atoms with E-state index in [1.165, 1.54) is 31.4 Å². The fraction of sp³-hybridized carbons (Fsp3) is 0.667. The molecule has 1 aromatic rings. The number of hydrogen-bond donors (Lipinski definition) is 1. The van der Waals surface area contributed by atoms with Crippen molar-refractivity contribution in [2.24, 2.45) is 0 Å². The summed E-state index contributed by atoms with van der Waals surface area (Å²) in [5, 5.41) is 3.71. The average Bonchev–Trinajstić information content (AvgIpc) is 3.35. The topological polar surface area (TPSA) is 24.5 Å². The highest BCUT2D eigenvalue weighted by molar-refractivity contribution is 5.30. The summed E-state index contributed by atoms with van der Waals surface area (Å²) in [6, 6.07) is 9.71. The lowest BCUT2D eigenvalue weighted by atomic mass is 10.1. The standard InChI is InChI=1S/C18H30N2O/c1-4-11-19-18(14-20(12-5-2)16-9-10-16)15-7-6-8-17(13-15)21-3/h6-8,13,16,18-19H,4-5,9-12,14H2,1-3H3. The van der Waals surface area contributed by atoms with Crippen molar-refractivity contribution in [1.82, 2.24) is 10.2 Å². The van der Waals surface area contributed by atoms with Crippen LogP contribution >= 0.6 is 0 Å². The largest absolute Gasteiger partial charge is 0.497 e. The maximum Gasteiger partial charge on any atom is 0.119 e. The summed E-state index contributed by atoms with van der Waals surface area (Å²) in [4.78, 5) is 2.66. The summed E-state index contributed by atoms with van der Waals surface area (Å²) in [5.41, 5.74) is 1.34. The summed E-state index contributed by atoms with van der Waals surface area (Å²) in [6.45, 7) is 7.87. The SMILES string of the molecule is CCCNC(CN(CCC)C1CC1)c1cccc(OC)c1. The summed E-state index contributed by atoms with van der Waals surface area (Å²) in [7, 11) is 1.74. The predicted octanol–water partition coefficient (Wildman–Crippen LogP) is 3.61. The van der Waals surface area contributed by atoms with Crippen molar-refractivity contribution in [3.63, 3.8) is 0 Å². The first-order valence-electron chi connectivity index (χ1n) is 8.39. The molecular formula is C18H30N2O. The van der Waals surface area contributed by atoms with Gasteiger partial charge in [-0.1, -0.05) is 26.0 Å². The molecule has 1 atom stereocenters. The molecule has 118 valence electrons. The van der Waals surface area contributed by atoms with Crippen LogP contribution in [-0.4, -0.2) is 37.7 Å². The normalized spacial score (nSPS) is 16.2. The van der Waals surface area contributed by atoms with E-state index in [2.05, 4.69) is 42.3 Å². The molecule has 1 N–H and O–H groups in total. The van der Waals surface area contributed by atoms with Gasteiger partial charge in [-0.25, -0.2) is 0 Å². The Labute approximate surface area is 129 Å². The molecule has 0 spiro atoms. The molecular weight excluding hydrogens is 260 g/mol. The van der Waals surface area contributed by atoms with Crippen LogP contribution in [0.5, 0.6) is 5.75 Å². The lowest BCUT2D eigenvalue weighted by Crippen LogP contribution is -2.37. The van der Waals surface area contributed by atoms with Crippen molar-refractivity contribution in [1.29, 1.82) is 0 Å². The van der Waals surface area contributed by atoms with Crippen molar-refractivity contribution in [3.8, 4) is 5.75 Å². The van der Waals surface area contributed by atoms with E-state index in [0.29, 0.717) is 6.04 Å². The van der Waals surface area contributed by atoms with E-state index in [4.69, 9.17) is 4.74 Å². The van der Waals surface area contributed by atoms with Crippen molar-refractivity contribution < 1.29 is 4.74 Å². The molecule has 1 unspecified atom stereocenters. The zero-order chi connectivity index (χ0) is 15.1. The zero-order valence-electron chi connectivity index (χ0n) is 13.8. The molecule has 3 nitrogen and oxygen atoms in total. The Morgan fingerprint density at radius 2 is 2.10 bits per heavy atom. The van der Waals surface area contributed by atoms with Crippen LogP contribution in [0.25, 0.3) is 0 Å². The Morgan fingerprint density at radius 1 is 1.29 bits per heavy atom. The highest BCUT2D eigenvalue weighted by atomic mass is 16.5. The summed E-state index contributed by atoms with van der Waals surface area (Å²) < 4.78 is 5.38. The second-order valence-corrected chi connectivity index (χ2v) is 6.01. The number of benzene rings is 1. The zero-order valence-corrected chi connectivity index (χ0v) is 13.8. The van der Waals surface area contributed by atoms with Crippen molar-refractivity contribution in [2.75, 3.05) is 26.7 Å². The summed E-state index contributed by atoms with van der Waals surface area (Å²) in [6.07, 6.45) is 5.14. The Bertz CT molecular complexity index is 417. The van der Waals surface area contributed by atoms with Crippen LogP contribution in [0.2, 0.25) is 0 Å². The van der Waals surface area contributed by atoms with Gasteiger partial charge in [0, 0.05) is 18.6 Å². The molecule has 0 amide bonds. The molecule has 1 aliphatic rings. The maximum atomic E-state index is 5.38. The van der Waals surface area contributed by atoms with Gasteiger partial charge in [0.15, 0.2) is 0 Å². The smallest absolute Gasteiger partial charge is 0.119 e. The second-order valence-electron chi connectivity index (χ2n) is 6.01. The van der Waals surface area contributed by atoms with Gasteiger partial charge in [-0.15, -0.1) is 0 Å². The number of ether oxygens (including phenoxy) is 1. The predicted molar refractivity (Wildman–Crippen MR) is 88.9 cm³/mol. The molecule has 1 aromatic carbocycles. The Balaban J connectivity index is 2.08. The molecule has 0 heterocycles. The van der Waals surface area contributed by atoms with Gasteiger partial charge in [0.2, 0.25) is 0 Å². The fourth-order valence-corrected chi connectivity index (χ4v) is 2.85. The monoisotopic (exact) mass is 290 g/mol. The average molecular weight is 290 g/mol. The van der Waals surface area contributed by atoms with Crippen LogP contribution in [0.4, 0.5) is 0 Å². The number of nitrogens with one attached hydrogen (secondary N) is 1. The van der Waals surface area contributed by atoms with Gasteiger partial charge in [-0.05, 0) is 56.5 Å².